The van der Waals surface area contributed by atoms with Crippen molar-refractivity contribution in [3.63, 3.8) is 0 Å². The summed E-state index contributed by atoms with van der Waals surface area (Å²) in [6.07, 6.45) is 1.02. The summed E-state index contributed by atoms with van der Waals surface area (Å²) in [4.78, 5) is 0. The second-order valence-electron chi connectivity index (χ2n) is 4.04. The van der Waals surface area contributed by atoms with Crippen LogP contribution in [-0.4, -0.2) is 13.2 Å². The molecule has 0 saturated heterocycles. The zero-order chi connectivity index (χ0) is 12.1. The smallest absolute Gasteiger partial charge is 0.134 e. The van der Waals surface area contributed by atoms with E-state index in [0.29, 0.717) is 0 Å². The summed E-state index contributed by atoms with van der Waals surface area (Å²) in [5.74, 6) is 1.88. The molecule has 2 rings (SSSR count). The van der Waals surface area contributed by atoms with Gasteiger partial charge in [-0.3, -0.25) is 0 Å². The lowest BCUT2D eigenvalue weighted by Crippen LogP contribution is -2.10. The van der Waals surface area contributed by atoms with Gasteiger partial charge in [-0.2, -0.15) is 0 Å². The number of nitrogens with one attached hydrogen (secondary N) is 1. The van der Waals surface area contributed by atoms with Crippen molar-refractivity contribution in [2.24, 2.45) is 0 Å². The Bertz CT molecular complexity index is 470. The number of ether oxygens (including phenoxy) is 1. The van der Waals surface area contributed by atoms with Crippen molar-refractivity contribution < 1.29 is 9.15 Å². The molecule has 1 aromatic heterocycles. The number of furan rings is 1. The van der Waals surface area contributed by atoms with Crippen LogP contribution in [0.4, 0.5) is 0 Å². The highest BCUT2D eigenvalue weighted by Gasteiger charge is 2.04. The number of hydrogen-bond acceptors (Lipinski definition) is 3. The van der Waals surface area contributed by atoms with Crippen LogP contribution in [0.5, 0.6) is 5.75 Å². The summed E-state index contributed by atoms with van der Waals surface area (Å²) >= 11 is 0. The van der Waals surface area contributed by atoms with Crippen molar-refractivity contribution in [3.8, 4) is 5.75 Å². The van der Waals surface area contributed by atoms with E-state index >= 15 is 0 Å². The molecular formula is C14H19NO2. The van der Waals surface area contributed by atoms with E-state index in [9.17, 15) is 0 Å². The fourth-order valence-electron chi connectivity index (χ4n) is 1.72. The molecule has 3 heteroatoms. The molecule has 0 radical (unpaired) electrons. The average Bonchev–Trinajstić information content (AvgIpc) is 2.75. The third-order valence-electron chi connectivity index (χ3n) is 2.56. The minimum atomic E-state index is 0.758. The third-order valence-corrected chi connectivity index (χ3v) is 2.56. The Morgan fingerprint density at radius 3 is 2.88 bits per heavy atom. The highest BCUT2D eigenvalue weighted by Crippen LogP contribution is 2.24. The predicted molar refractivity (Wildman–Crippen MR) is 69.4 cm³/mol. The zero-order valence-corrected chi connectivity index (χ0v) is 10.5. The number of hydrogen-bond donors (Lipinski definition) is 1. The number of rotatable bonds is 6. The molecule has 3 nitrogen and oxygen atoms in total. The van der Waals surface area contributed by atoms with Crippen molar-refractivity contribution in [1.29, 1.82) is 0 Å². The standard InChI is InChI=1S/C14H19NO2/c1-3-7-16-12-5-6-14-11(8-12)9-13(17-14)10-15-4-2/h5-6,8-9,15H,3-4,7,10H2,1-2H3. The van der Waals surface area contributed by atoms with E-state index in [2.05, 4.69) is 25.2 Å². The minimum Gasteiger partial charge on any atom is -0.494 e. The maximum atomic E-state index is 5.71. The molecule has 17 heavy (non-hydrogen) atoms. The van der Waals surface area contributed by atoms with Crippen LogP contribution in [0.15, 0.2) is 28.7 Å². The molecule has 0 unspecified atom stereocenters. The van der Waals surface area contributed by atoms with Crippen molar-refractivity contribution in [2.75, 3.05) is 13.2 Å². The Labute approximate surface area is 102 Å². The van der Waals surface area contributed by atoms with Crippen molar-refractivity contribution in [2.45, 2.75) is 26.8 Å². The lowest BCUT2D eigenvalue weighted by molar-refractivity contribution is 0.318. The molecule has 0 aliphatic carbocycles. The Morgan fingerprint density at radius 1 is 1.24 bits per heavy atom. The Balaban J connectivity index is 2.15. The molecule has 0 aliphatic heterocycles. The molecule has 0 atom stereocenters. The fourth-order valence-corrected chi connectivity index (χ4v) is 1.72. The number of fused-ring (bicyclic) bond motifs is 1. The van der Waals surface area contributed by atoms with Crippen molar-refractivity contribution in [3.05, 3.63) is 30.0 Å². The summed E-state index contributed by atoms with van der Waals surface area (Å²) in [6.45, 7) is 6.66. The largest absolute Gasteiger partial charge is 0.494 e. The minimum absolute atomic E-state index is 0.758. The van der Waals surface area contributed by atoms with E-state index < -0.39 is 0 Å². The summed E-state index contributed by atoms with van der Waals surface area (Å²) < 4.78 is 11.3. The van der Waals surface area contributed by atoms with Gasteiger partial charge < -0.3 is 14.5 Å². The molecule has 0 amide bonds. The fraction of sp³-hybridized carbons (Fsp3) is 0.429. The van der Waals surface area contributed by atoms with E-state index in [0.717, 1.165) is 48.6 Å². The molecule has 1 heterocycles. The molecular weight excluding hydrogens is 214 g/mol. The third kappa shape index (κ3) is 3.01. The monoisotopic (exact) mass is 233 g/mol. The van der Waals surface area contributed by atoms with Crippen LogP contribution in [0.25, 0.3) is 11.0 Å². The first-order chi connectivity index (χ1) is 8.33. The van der Waals surface area contributed by atoms with Crippen LogP contribution in [-0.2, 0) is 6.54 Å². The van der Waals surface area contributed by atoms with Crippen LogP contribution in [0.3, 0.4) is 0 Å². The van der Waals surface area contributed by atoms with Gasteiger partial charge in [-0.05, 0) is 37.2 Å². The van der Waals surface area contributed by atoms with Gasteiger partial charge in [0.25, 0.3) is 0 Å². The molecule has 0 spiro atoms. The summed E-state index contributed by atoms with van der Waals surface area (Å²) in [7, 11) is 0. The molecule has 0 fully saturated rings. The maximum Gasteiger partial charge on any atom is 0.134 e. The molecule has 1 aromatic carbocycles. The molecule has 2 aromatic rings. The lowest BCUT2D eigenvalue weighted by Gasteiger charge is -2.02. The van der Waals surface area contributed by atoms with Crippen LogP contribution in [0.1, 0.15) is 26.0 Å². The van der Waals surface area contributed by atoms with E-state index in [1.807, 2.05) is 18.2 Å². The van der Waals surface area contributed by atoms with Gasteiger partial charge in [0.1, 0.15) is 17.1 Å². The van der Waals surface area contributed by atoms with Gasteiger partial charge in [-0.25, -0.2) is 0 Å². The summed E-state index contributed by atoms with van der Waals surface area (Å²) in [6, 6.07) is 8.02. The topological polar surface area (TPSA) is 34.4 Å². The van der Waals surface area contributed by atoms with Crippen LogP contribution >= 0.6 is 0 Å². The zero-order valence-electron chi connectivity index (χ0n) is 10.5. The Kier molecular flexibility index (Phi) is 4.04. The normalized spacial score (nSPS) is 10.9. The number of benzene rings is 1. The van der Waals surface area contributed by atoms with Gasteiger partial charge in [-0.1, -0.05) is 13.8 Å². The molecule has 92 valence electrons. The second kappa shape index (κ2) is 5.73. The Hall–Kier alpha value is -1.48. The van der Waals surface area contributed by atoms with Crippen LogP contribution < -0.4 is 10.1 Å². The average molecular weight is 233 g/mol. The highest BCUT2D eigenvalue weighted by molar-refractivity contribution is 5.79. The SMILES string of the molecule is CCCOc1ccc2oc(CNCC)cc2c1. The predicted octanol–water partition coefficient (Wildman–Crippen LogP) is 3.33. The summed E-state index contributed by atoms with van der Waals surface area (Å²) in [5.41, 5.74) is 0.918. The van der Waals surface area contributed by atoms with Gasteiger partial charge in [0.15, 0.2) is 0 Å². The molecule has 0 saturated carbocycles. The van der Waals surface area contributed by atoms with Crippen molar-refractivity contribution >= 4 is 11.0 Å². The van der Waals surface area contributed by atoms with E-state index in [1.54, 1.807) is 0 Å². The van der Waals surface area contributed by atoms with E-state index in [4.69, 9.17) is 9.15 Å². The van der Waals surface area contributed by atoms with Crippen molar-refractivity contribution in [1.82, 2.24) is 5.32 Å². The maximum absolute atomic E-state index is 5.71. The van der Waals surface area contributed by atoms with Gasteiger partial charge >= 0.3 is 0 Å². The Morgan fingerprint density at radius 2 is 2.12 bits per heavy atom. The van der Waals surface area contributed by atoms with Gasteiger partial charge in [0.05, 0.1) is 13.2 Å². The van der Waals surface area contributed by atoms with E-state index in [1.165, 1.54) is 0 Å². The first kappa shape index (κ1) is 12.0. The second-order valence-corrected chi connectivity index (χ2v) is 4.04. The lowest BCUT2D eigenvalue weighted by atomic mass is 10.2. The van der Waals surface area contributed by atoms with Gasteiger partial charge in [0.2, 0.25) is 0 Å². The van der Waals surface area contributed by atoms with E-state index in [-0.39, 0.29) is 0 Å². The van der Waals surface area contributed by atoms with Gasteiger partial charge in [0, 0.05) is 5.39 Å². The van der Waals surface area contributed by atoms with Crippen LogP contribution in [0, 0.1) is 0 Å². The molecule has 0 bridgehead atoms. The quantitative estimate of drug-likeness (QED) is 0.831. The summed E-state index contributed by atoms with van der Waals surface area (Å²) in [5, 5.41) is 4.35. The molecule has 0 aliphatic rings. The van der Waals surface area contributed by atoms with Crippen LogP contribution in [0.2, 0.25) is 0 Å². The van der Waals surface area contributed by atoms with Gasteiger partial charge in [-0.15, -0.1) is 0 Å². The first-order valence-electron chi connectivity index (χ1n) is 6.19. The molecule has 1 N–H and O–H groups in total. The first-order valence-corrected chi connectivity index (χ1v) is 6.19. The highest BCUT2D eigenvalue weighted by atomic mass is 16.5.